The Labute approximate surface area is 160 Å². The van der Waals surface area contributed by atoms with Crippen LogP contribution in [0, 0.1) is 18.7 Å². The third-order valence-corrected chi connectivity index (χ3v) is 4.83. The van der Waals surface area contributed by atoms with E-state index in [1.54, 1.807) is 7.05 Å². The van der Waals surface area contributed by atoms with Gasteiger partial charge < -0.3 is 15.2 Å². The fraction of sp³-hybridized carbons (Fsp3) is 0.500. The molecule has 2 aromatic rings. The number of fused-ring (bicyclic) bond motifs is 1. The van der Waals surface area contributed by atoms with Crippen LogP contribution in [0.2, 0.25) is 0 Å². The van der Waals surface area contributed by atoms with Crippen molar-refractivity contribution in [2.45, 2.75) is 39.0 Å². The van der Waals surface area contributed by atoms with Crippen LogP contribution in [-0.4, -0.2) is 34.3 Å². The van der Waals surface area contributed by atoms with Crippen LogP contribution in [0.5, 0.6) is 0 Å². The first-order chi connectivity index (χ1) is 13.3. The van der Waals surface area contributed by atoms with E-state index in [1.165, 1.54) is 0 Å². The molecule has 10 heteroatoms. The zero-order valence-corrected chi connectivity index (χ0v) is 15.6. The fourth-order valence-electron chi connectivity index (χ4n) is 3.30. The second-order valence-electron chi connectivity index (χ2n) is 6.78. The lowest BCUT2D eigenvalue weighted by Gasteiger charge is -2.25. The van der Waals surface area contributed by atoms with Gasteiger partial charge in [0.05, 0.1) is 5.56 Å². The van der Waals surface area contributed by atoms with E-state index in [9.17, 15) is 17.6 Å². The predicted octanol–water partition coefficient (Wildman–Crippen LogP) is 2.67. The van der Waals surface area contributed by atoms with Crippen molar-refractivity contribution in [1.82, 2.24) is 25.4 Å². The summed E-state index contributed by atoms with van der Waals surface area (Å²) in [6.45, 7) is 3.20. The van der Waals surface area contributed by atoms with E-state index >= 15 is 0 Å². The number of benzene rings is 1. The summed E-state index contributed by atoms with van der Waals surface area (Å²) in [5.74, 6) is 1.66. The summed E-state index contributed by atoms with van der Waals surface area (Å²) >= 11 is 0. The largest absolute Gasteiger partial charge is 0.416 e. The molecule has 6 nitrogen and oxygen atoms in total. The average molecular weight is 398 g/mol. The van der Waals surface area contributed by atoms with E-state index in [4.69, 9.17) is 0 Å². The van der Waals surface area contributed by atoms with Gasteiger partial charge in [-0.1, -0.05) is 6.07 Å². The minimum atomic E-state index is -4.62. The number of hydrogen-bond acceptors (Lipinski definition) is 3. The molecule has 1 atom stereocenters. The van der Waals surface area contributed by atoms with E-state index in [0.29, 0.717) is 24.5 Å². The van der Waals surface area contributed by atoms with Crippen LogP contribution in [0.1, 0.15) is 29.2 Å². The summed E-state index contributed by atoms with van der Waals surface area (Å²) in [4.78, 5) is 4.06. The number of halogens is 4. The van der Waals surface area contributed by atoms with E-state index in [1.807, 2.05) is 6.92 Å². The molecule has 0 spiro atoms. The number of aromatic nitrogens is 3. The SMILES string of the molecule is CN=C(NCc1ccc(F)cc1C(F)(F)F)NCC1CCc2nnc(C)n2C1. The van der Waals surface area contributed by atoms with E-state index in [2.05, 4.69) is 30.4 Å². The van der Waals surface area contributed by atoms with E-state index in [0.717, 1.165) is 43.2 Å². The first kappa shape index (κ1) is 20.1. The van der Waals surface area contributed by atoms with Gasteiger partial charge in [-0.05, 0) is 37.0 Å². The quantitative estimate of drug-likeness (QED) is 0.472. The van der Waals surface area contributed by atoms with Crippen LogP contribution < -0.4 is 10.6 Å². The number of rotatable bonds is 4. The van der Waals surface area contributed by atoms with Crippen molar-refractivity contribution >= 4 is 5.96 Å². The number of aryl methyl sites for hydroxylation is 2. The smallest absolute Gasteiger partial charge is 0.356 e. The molecular weight excluding hydrogens is 376 g/mol. The Balaban J connectivity index is 1.57. The van der Waals surface area contributed by atoms with Gasteiger partial charge >= 0.3 is 6.18 Å². The van der Waals surface area contributed by atoms with Crippen LogP contribution in [0.15, 0.2) is 23.2 Å². The molecule has 0 bridgehead atoms. The molecule has 0 fully saturated rings. The third-order valence-electron chi connectivity index (χ3n) is 4.83. The van der Waals surface area contributed by atoms with Crippen LogP contribution in [0.25, 0.3) is 0 Å². The molecular formula is C18H22F4N6. The highest BCUT2D eigenvalue weighted by atomic mass is 19.4. The number of guanidine groups is 1. The molecule has 0 aliphatic carbocycles. The summed E-state index contributed by atoms with van der Waals surface area (Å²) in [5, 5.41) is 14.2. The summed E-state index contributed by atoms with van der Waals surface area (Å²) in [6.07, 6.45) is -2.84. The number of alkyl halides is 3. The second-order valence-corrected chi connectivity index (χ2v) is 6.78. The molecule has 0 amide bonds. The van der Waals surface area contributed by atoms with Gasteiger partial charge in [-0.2, -0.15) is 13.2 Å². The molecule has 1 aromatic heterocycles. The van der Waals surface area contributed by atoms with Gasteiger partial charge in [-0.25, -0.2) is 4.39 Å². The van der Waals surface area contributed by atoms with Crippen LogP contribution in [0.3, 0.4) is 0 Å². The highest BCUT2D eigenvalue weighted by molar-refractivity contribution is 5.79. The summed E-state index contributed by atoms with van der Waals surface area (Å²) < 4.78 is 54.6. The molecule has 0 saturated carbocycles. The summed E-state index contributed by atoms with van der Waals surface area (Å²) in [7, 11) is 1.55. The molecule has 1 aliphatic heterocycles. The lowest BCUT2D eigenvalue weighted by molar-refractivity contribution is -0.138. The highest BCUT2D eigenvalue weighted by Gasteiger charge is 2.33. The topological polar surface area (TPSA) is 67.1 Å². The van der Waals surface area contributed by atoms with Crippen molar-refractivity contribution in [3.8, 4) is 0 Å². The number of nitrogens with one attached hydrogen (secondary N) is 2. The normalized spacial score (nSPS) is 17.4. The first-order valence-corrected chi connectivity index (χ1v) is 8.96. The number of nitrogens with zero attached hydrogens (tertiary/aromatic N) is 4. The summed E-state index contributed by atoms with van der Waals surface area (Å²) in [5.41, 5.74) is -1.03. The Hall–Kier alpha value is -2.65. The predicted molar refractivity (Wildman–Crippen MR) is 96.2 cm³/mol. The van der Waals surface area contributed by atoms with E-state index < -0.39 is 17.6 Å². The van der Waals surface area contributed by atoms with Crippen molar-refractivity contribution in [2.24, 2.45) is 10.9 Å². The molecule has 1 aliphatic rings. The molecule has 0 saturated heterocycles. The van der Waals surface area contributed by atoms with Gasteiger partial charge in [0.1, 0.15) is 17.5 Å². The van der Waals surface area contributed by atoms with Crippen molar-refractivity contribution in [3.63, 3.8) is 0 Å². The standard InChI is InChI=1S/C18H22F4N6/c1-11-26-27-16-6-3-12(10-28(11)16)8-24-17(23-2)25-9-13-4-5-14(19)7-15(13)18(20,21)22/h4-5,7,12H,3,6,8-10H2,1-2H3,(H2,23,24,25). The van der Waals surface area contributed by atoms with Crippen molar-refractivity contribution in [1.29, 1.82) is 0 Å². The van der Waals surface area contributed by atoms with Gasteiger partial charge in [-0.15, -0.1) is 10.2 Å². The Morgan fingerprint density at radius 3 is 2.79 bits per heavy atom. The molecule has 2 heterocycles. The zero-order valence-electron chi connectivity index (χ0n) is 15.6. The Morgan fingerprint density at radius 1 is 1.29 bits per heavy atom. The molecule has 3 rings (SSSR count). The third kappa shape index (κ3) is 4.60. The van der Waals surface area contributed by atoms with Gasteiger partial charge in [-0.3, -0.25) is 4.99 Å². The molecule has 2 N–H and O–H groups in total. The fourth-order valence-corrected chi connectivity index (χ4v) is 3.30. The molecule has 28 heavy (non-hydrogen) atoms. The lowest BCUT2D eigenvalue weighted by Crippen LogP contribution is -2.41. The van der Waals surface area contributed by atoms with Gasteiger partial charge in [0, 0.05) is 33.1 Å². The first-order valence-electron chi connectivity index (χ1n) is 8.96. The van der Waals surface area contributed by atoms with Crippen molar-refractivity contribution in [2.75, 3.05) is 13.6 Å². The van der Waals surface area contributed by atoms with Gasteiger partial charge in [0.25, 0.3) is 0 Å². The molecule has 0 radical (unpaired) electrons. The highest BCUT2D eigenvalue weighted by Crippen LogP contribution is 2.32. The average Bonchev–Trinajstić information content (AvgIpc) is 3.02. The van der Waals surface area contributed by atoms with E-state index in [-0.39, 0.29) is 12.1 Å². The second kappa shape index (κ2) is 8.15. The lowest BCUT2D eigenvalue weighted by atomic mass is 9.99. The molecule has 1 unspecified atom stereocenters. The Bertz CT molecular complexity index is 858. The Morgan fingerprint density at radius 2 is 2.07 bits per heavy atom. The van der Waals surface area contributed by atoms with Crippen molar-refractivity contribution < 1.29 is 17.6 Å². The minimum Gasteiger partial charge on any atom is -0.356 e. The Kier molecular flexibility index (Phi) is 5.85. The maximum Gasteiger partial charge on any atom is 0.416 e. The summed E-state index contributed by atoms with van der Waals surface area (Å²) in [6, 6.07) is 2.66. The van der Waals surface area contributed by atoms with Crippen molar-refractivity contribution in [3.05, 3.63) is 46.8 Å². The van der Waals surface area contributed by atoms with Crippen LogP contribution in [-0.2, 0) is 25.7 Å². The number of hydrogen-bond donors (Lipinski definition) is 2. The van der Waals surface area contributed by atoms with Crippen LogP contribution >= 0.6 is 0 Å². The minimum absolute atomic E-state index is 0.0423. The molecule has 152 valence electrons. The molecule has 1 aromatic carbocycles. The van der Waals surface area contributed by atoms with Gasteiger partial charge in [0.2, 0.25) is 0 Å². The maximum absolute atomic E-state index is 13.2. The number of aliphatic imine (C=N–C) groups is 1. The monoisotopic (exact) mass is 398 g/mol. The maximum atomic E-state index is 13.2. The van der Waals surface area contributed by atoms with Gasteiger partial charge in [0.15, 0.2) is 5.96 Å². The zero-order chi connectivity index (χ0) is 20.3. The van der Waals surface area contributed by atoms with Crippen LogP contribution in [0.4, 0.5) is 17.6 Å².